The van der Waals surface area contributed by atoms with Gasteiger partial charge in [-0.3, -0.25) is 0 Å². The Bertz CT molecular complexity index is 979. The minimum atomic E-state index is -3.71. The lowest BCUT2D eigenvalue weighted by Crippen LogP contribution is -2.23. The van der Waals surface area contributed by atoms with Gasteiger partial charge in [-0.15, -0.1) is 11.3 Å². The van der Waals surface area contributed by atoms with Crippen molar-refractivity contribution in [2.75, 3.05) is 7.11 Å². The molecule has 7 nitrogen and oxygen atoms in total. The topological polar surface area (TPSA) is 94.3 Å². The Labute approximate surface area is 156 Å². The molecule has 9 heteroatoms. The Morgan fingerprint density at radius 3 is 2.77 bits per heavy atom. The quantitative estimate of drug-likeness (QED) is 0.661. The minimum Gasteiger partial charge on any atom is -0.496 e. The fraction of sp³-hybridized carbons (Fsp3) is 0.294. The van der Waals surface area contributed by atoms with Gasteiger partial charge in [0.1, 0.15) is 5.75 Å². The van der Waals surface area contributed by atoms with Gasteiger partial charge in [-0.1, -0.05) is 25.1 Å². The largest absolute Gasteiger partial charge is 0.496 e. The summed E-state index contributed by atoms with van der Waals surface area (Å²) >= 11 is 1.48. The SMILES string of the molecule is COc1ccc(S(=O)(=O)NCc2nc(-c3cccs3)no2)cc1C(C)C. The monoisotopic (exact) mass is 393 g/mol. The molecule has 0 aliphatic heterocycles. The molecule has 0 aliphatic carbocycles. The highest BCUT2D eigenvalue weighted by atomic mass is 32.2. The maximum absolute atomic E-state index is 12.6. The molecule has 0 saturated carbocycles. The normalized spacial score (nSPS) is 11.8. The van der Waals surface area contributed by atoms with Crippen LogP contribution in [0.15, 0.2) is 45.1 Å². The maximum atomic E-state index is 12.6. The van der Waals surface area contributed by atoms with E-state index in [0.29, 0.717) is 11.6 Å². The van der Waals surface area contributed by atoms with E-state index in [1.54, 1.807) is 19.2 Å². The Kier molecular flexibility index (Phi) is 5.40. The number of aromatic nitrogens is 2. The van der Waals surface area contributed by atoms with Crippen LogP contribution in [0.2, 0.25) is 0 Å². The van der Waals surface area contributed by atoms with E-state index < -0.39 is 10.0 Å². The molecule has 3 rings (SSSR count). The zero-order valence-corrected chi connectivity index (χ0v) is 16.2. The first-order chi connectivity index (χ1) is 12.4. The molecule has 1 N–H and O–H groups in total. The summed E-state index contributed by atoms with van der Waals surface area (Å²) in [6.45, 7) is 3.88. The Balaban J connectivity index is 1.76. The molecule has 2 heterocycles. The van der Waals surface area contributed by atoms with Crippen molar-refractivity contribution >= 4 is 21.4 Å². The summed E-state index contributed by atoms with van der Waals surface area (Å²) < 4.78 is 38.1. The third-order valence-corrected chi connectivity index (χ3v) is 6.02. The number of methoxy groups -OCH3 is 1. The number of nitrogens with one attached hydrogen (secondary N) is 1. The van der Waals surface area contributed by atoms with Crippen molar-refractivity contribution in [2.45, 2.75) is 31.2 Å². The fourth-order valence-corrected chi connectivity index (χ4v) is 4.06. The van der Waals surface area contributed by atoms with E-state index in [2.05, 4.69) is 14.9 Å². The van der Waals surface area contributed by atoms with E-state index >= 15 is 0 Å². The molecule has 26 heavy (non-hydrogen) atoms. The molecule has 3 aromatic rings. The van der Waals surface area contributed by atoms with Crippen LogP contribution in [0.4, 0.5) is 0 Å². The van der Waals surface area contributed by atoms with E-state index in [4.69, 9.17) is 9.26 Å². The van der Waals surface area contributed by atoms with Gasteiger partial charge in [0, 0.05) is 0 Å². The minimum absolute atomic E-state index is 0.0796. The second kappa shape index (κ2) is 7.56. The standard InChI is InChI=1S/C17H19N3O4S2/c1-11(2)13-9-12(6-7-14(13)23-3)26(21,22)18-10-16-19-17(20-24-16)15-5-4-8-25-15/h4-9,11,18H,10H2,1-3H3. The molecule has 0 aliphatic rings. The van der Waals surface area contributed by atoms with Gasteiger partial charge < -0.3 is 9.26 Å². The lowest BCUT2D eigenvalue weighted by Gasteiger charge is -2.13. The van der Waals surface area contributed by atoms with E-state index in [0.717, 1.165) is 10.4 Å². The van der Waals surface area contributed by atoms with Crippen LogP contribution in [0.5, 0.6) is 5.75 Å². The van der Waals surface area contributed by atoms with E-state index in [1.807, 2.05) is 31.4 Å². The van der Waals surface area contributed by atoms with Gasteiger partial charge in [-0.25, -0.2) is 13.1 Å². The highest BCUT2D eigenvalue weighted by molar-refractivity contribution is 7.89. The van der Waals surface area contributed by atoms with E-state index in [1.165, 1.54) is 17.4 Å². The number of hydrogen-bond donors (Lipinski definition) is 1. The molecule has 0 bridgehead atoms. The van der Waals surface area contributed by atoms with Crippen molar-refractivity contribution in [3.8, 4) is 16.5 Å². The molecule has 0 atom stereocenters. The van der Waals surface area contributed by atoms with Gasteiger partial charge in [0.25, 0.3) is 0 Å². The average Bonchev–Trinajstić information content (AvgIpc) is 3.30. The van der Waals surface area contributed by atoms with Crippen LogP contribution < -0.4 is 9.46 Å². The van der Waals surface area contributed by atoms with Crippen LogP contribution in [-0.2, 0) is 16.6 Å². The Morgan fingerprint density at radius 2 is 2.12 bits per heavy atom. The lowest BCUT2D eigenvalue weighted by atomic mass is 10.0. The smallest absolute Gasteiger partial charge is 0.242 e. The summed E-state index contributed by atoms with van der Waals surface area (Å²) in [6.07, 6.45) is 0. The molecule has 1 aromatic carbocycles. The summed E-state index contributed by atoms with van der Waals surface area (Å²) in [7, 11) is -2.15. The summed E-state index contributed by atoms with van der Waals surface area (Å²) in [6, 6.07) is 8.54. The number of hydrogen-bond acceptors (Lipinski definition) is 7. The van der Waals surface area contributed by atoms with Gasteiger partial charge >= 0.3 is 0 Å². The van der Waals surface area contributed by atoms with Crippen LogP contribution in [0.3, 0.4) is 0 Å². The van der Waals surface area contributed by atoms with Crippen molar-refractivity contribution < 1.29 is 17.7 Å². The average molecular weight is 393 g/mol. The highest BCUT2D eigenvalue weighted by Gasteiger charge is 2.19. The van der Waals surface area contributed by atoms with Crippen LogP contribution in [-0.4, -0.2) is 25.7 Å². The zero-order valence-electron chi connectivity index (χ0n) is 14.6. The van der Waals surface area contributed by atoms with Crippen molar-refractivity contribution in [1.82, 2.24) is 14.9 Å². The van der Waals surface area contributed by atoms with Gasteiger partial charge in [0.2, 0.25) is 21.7 Å². The first kappa shape index (κ1) is 18.6. The summed E-state index contributed by atoms with van der Waals surface area (Å²) in [5.41, 5.74) is 0.827. The van der Waals surface area contributed by atoms with Crippen LogP contribution >= 0.6 is 11.3 Å². The van der Waals surface area contributed by atoms with Crippen LogP contribution in [0.25, 0.3) is 10.7 Å². The van der Waals surface area contributed by atoms with Crippen LogP contribution in [0.1, 0.15) is 31.2 Å². The van der Waals surface area contributed by atoms with Gasteiger partial charge in [0.05, 0.1) is 23.4 Å². The number of rotatable bonds is 7. The third kappa shape index (κ3) is 3.95. The second-order valence-electron chi connectivity index (χ2n) is 5.87. The fourth-order valence-electron chi connectivity index (χ4n) is 2.40. The van der Waals surface area contributed by atoms with Crippen molar-refractivity contribution in [2.24, 2.45) is 0 Å². The molecule has 0 fully saturated rings. The molecule has 0 radical (unpaired) electrons. The third-order valence-electron chi connectivity index (χ3n) is 3.76. The molecular weight excluding hydrogens is 374 g/mol. The molecule has 138 valence electrons. The van der Waals surface area contributed by atoms with Crippen molar-refractivity contribution in [3.05, 3.63) is 47.2 Å². The van der Waals surface area contributed by atoms with E-state index in [9.17, 15) is 8.42 Å². The number of thiophene rings is 1. The number of benzene rings is 1. The predicted octanol–water partition coefficient (Wildman–Crippen LogP) is 3.41. The zero-order chi connectivity index (χ0) is 18.7. The van der Waals surface area contributed by atoms with Gasteiger partial charge in [0.15, 0.2) is 0 Å². The predicted molar refractivity (Wildman–Crippen MR) is 98.7 cm³/mol. The number of nitrogens with zero attached hydrogens (tertiary/aromatic N) is 2. The maximum Gasteiger partial charge on any atom is 0.242 e. The van der Waals surface area contributed by atoms with Crippen molar-refractivity contribution in [1.29, 1.82) is 0 Å². The van der Waals surface area contributed by atoms with Crippen molar-refractivity contribution in [3.63, 3.8) is 0 Å². The highest BCUT2D eigenvalue weighted by Crippen LogP contribution is 2.29. The molecule has 2 aromatic heterocycles. The molecule has 0 saturated heterocycles. The summed E-state index contributed by atoms with van der Waals surface area (Å²) in [5.74, 6) is 1.44. The summed E-state index contributed by atoms with van der Waals surface area (Å²) in [5, 5.41) is 5.77. The number of sulfonamides is 1. The molecule has 0 unspecified atom stereocenters. The Morgan fingerprint density at radius 1 is 1.31 bits per heavy atom. The lowest BCUT2D eigenvalue weighted by molar-refractivity contribution is 0.376. The second-order valence-corrected chi connectivity index (χ2v) is 8.59. The first-order valence-corrected chi connectivity index (χ1v) is 10.3. The first-order valence-electron chi connectivity index (χ1n) is 7.95. The van der Waals surface area contributed by atoms with E-state index in [-0.39, 0.29) is 23.2 Å². The molecule has 0 spiro atoms. The van der Waals surface area contributed by atoms with Gasteiger partial charge in [-0.05, 0) is 41.1 Å². The number of ether oxygens (including phenoxy) is 1. The Hall–Kier alpha value is -2.23. The molecule has 0 amide bonds. The molecular formula is C17H19N3O4S2. The van der Waals surface area contributed by atoms with Gasteiger partial charge in [-0.2, -0.15) is 4.98 Å². The van der Waals surface area contributed by atoms with Crippen LogP contribution in [0, 0.1) is 0 Å². The summed E-state index contributed by atoms with van der Waals surface area (Å²) in [4.78, 5) is 5.24.